The van der Waals surface area contributed by atoms with Crippen LogP contribution in [0.15, 0.2) is 16.7 Å². The molecule has 0 saturated heterocycles. The van der Waals surface area contributed by atoms with Gasteiger partial charge in [0.25, 0.3) is 5.91 Å². The second-order valence-electron chi connectivity index (χ2n) is 4.09. The summed E-state index contributed by atoms with van der Waals surface area (Å²) in [7, 11) is 1.02. The molecule has 1 aromatic heterocycles. The van der Waals surface area contributed by atoms with Crippen molar-refractivity contribution in [2.45, 2.75) is 19.4 Å². The van der Waals surface area contributed by atoms with E-state index in [4.69, 9.17) is 0 Å². The first-order valence-corrected chi connectivity index (χ1v) is 7.85. The summed E-state index contributed by atoms with van der Waals surface area (Å²) in [5, 5.41) is 2.89. The first-order valence-electron chi connectivity index (χ1n) is 5.33. The predicted octanol–water partition coefficient (Wildman–Crippen LogP) is 1.67. The number of aromatic nitrogens is 1. The Balaban J connectivity index is 2.54. The van der Waals surface area contributed by atoms with Crippen molar-refractivity contribution in [1.29, 1.82) is 0 Å². The third-order valence-electron chi connectivity index (χ3n) is 2.42. The fraction of sp³-hybridized carbons (Fsp3) is 0.545. The van der Waals surface area contributed by atoms with Gasteiger partial charge in [0.05, 0.1) is 0 Å². The van der Waals surface area contributed by atoms with Gasteiger partial charge < -0.3 is 9.88 Å². The van der Waals surface area contributed by atoms with Crippen molar-refractivity contribution in [2.75, 3.05) is 12.0 Å². The molecular formula is C11H17BrN2O2S. The molecule has 1 heterocycles. The van der Waals surface area contributed by atoms with Crippen molar-refractivity contribution in [1.82, 2.24) is 9.88 Å². The average molecular weight is 321 g/mol. The van der Waals surface area contributed by atoms with E-state index in [0.717, 1.165) is 10.9 Å². The summed E-state index contributed by atoms with van der Waals surface area (Å²) in [4.78, 5) is 11.9. The number of hydrogen-bond donors (Lipinski definition) is 1. The van der Waals surface area contributed by atoms with E-state index in [1.54, 1.807) is 16.9 Å². The van der Waals surface area contributed by atoms with Crippen LogP contribution in [-0.4, -0.2) is 32.7 Å². The molecule has 1 rings (SSSR count). The highest BCUT2D eigenvalue weighted by atomic mass is 79.9. The molecule has 0 radical (unpaired) electrons. The number of halogens is 1. The van der Waals surface area contributed by atoms with E-state index < -0.39 is 10.8 Å². The number of nitrogens with zero attached hydrogens (tertiary/aromatic N) is 1. The Morgan fingerprint density at radius 2 is 2.29 bits per heavy atom. The summed E-state index contributed by atoms with van der Waals surface area (Å²) in [5.41, 5.74) is 0.612. The van der Waals surface area contributed by atoms with Gasteiger partial charge in [-0.2, -0.15) is 0 Å². The molecule has 0 aliphatic rings. The van der Waals surface area contributed by atoms with Gasteiger partial charge in [-0.05, 0) is 35.3 Å². The van der Waals surface area contributed by atoms with Crippen molar-refractivity contribution in [3.63, 3.8) is 0 Å². The number of hydrogen-bond acceptors (Lipinski definition) is 2. The number of nitrogens with one attached hydrogen (secondary N) is 1. The van der Waals surface area contributed by atoms with E-state index in [1.165, 1.54) is 0 Å². The Bertz CT molecular complexity index is 431. The molecule has 1 amide bonds. The molecule has 4 nitrogen and oxygen atoms in total. The summed E-state index contributed by atoms with van der Waals surface area (Å²) < 4.78 is 13.6. The minimum Gasteiger partial charge on any atom is -0.348 e. The summed E-state index contributed by atoms with van der Waals surface area (Å²) in [6, 6.07) is 1.81. The van der Waals surface area contributed by atoms with Crippen molar-refractivity contribution >= 4 is 32.6 Å². The number of carbonyl (C=O) groups excluding carboxylic acids is 1. The van der Waals surface area contributed by atoms with Crippen LogP contribution in [0.5, 0.6) is 0 Å². The molecule has 1 N–H and O–H groups in total. The van der Waals surface area contributed by atoms with Crippen LogP contribution in [0.1, 0.15) is 23.8 Å². The number of amides is 1. The Morgan fingerprint density at radius 1 is 1.65 bits per heavy atom. The summed E-state index contributed by atoms with van der Waals surface area (Å²) in [6.45, 7) is 1.92. The van der Waals surface area contributed by atoms with Crippen LogP contribution in [0, 0.1) is 0 Å². The zero-order chi connectivity index (χ0) is 13.0. The van der Waals surface area contributed by atoms with Crippen LogP contribution >= 0.6 is 15.9 Å². The smallest absolute Gasteiger partial charge is 0.268 e. The second kappa shape index (κ2) is 6.35. The van der Waals surface area contributed by atoms with E-state index in [-0.39, 0.29) is 11.9 Å². The molecule has 2 atom stereocenters. The van der Waals surface area contributed by atoms with Crippen molar-refractivity contribution in [3.8, 4) is 0 Å². The summed E-state index contributed by atoms with van der Waals surface area (Å²) in [5.74, 6) is 0.505. The Labute approximate surface area is 112 Å². The van der Waals surface area contributed by atoms with E-state index in [0.29, 0.717) is 11.4 Å². The van der Waals surface area contributed by atoms with Gasteiger partial charge >= 0.3 is 0 Å². The van der Waals surface area contributed by atoms with Crippen LogP contribution in [-0.2, 0) is 17.8 Å². The lowest BCUT2D eigenvalue weighted by atomic mass is 10.2. The molecule has 17 heavy (non-hydrogen) atoms. The number of aryl methyl sites for hydroxylation is 1. The van der Waals surface area contributed by atoms with Crippen molar-refractivity contribution in [3.05, 3.63) is 22.4 Å². The first kappa shape index (κ1) is 14.4. The molecule has 0 fully saturated rings. The zero-order valence-corrected chi connectivity index (χ0v) is 12.6. The first-order chi connectivity index (χ1) is 7.90. The predicted molar refractivity (Wildman–Crippen MR) is 73.6 cm³/mol. The molecule has 6 heteroatoms. The fourth-order valence-electron chi connectivity index (χ4n) is 1.46. The molecule has 0 bridgehead atoms. The fourth-order valence-corrected chi connectivity index (χ4v) is 2.67. The number of rotatable bonds is 5. The third-order valence-corrected chi connectivity index (χ3v) is 3.66. The summed E-state index contributed by atoms with van der Waals surface area (Å²) in [6.07, 6.45) is 4.23. The molecule has 0 aromatic carbocycles. The molecule has 0 aliphatic heterocycles. The maximum Gasteiger partial charge on any atom is 0.268 e. The minimum absolute atomic E-state index is 0.0278. The molecule has 0 saturated carbocycles. The van der Waals surface area contributed by atoms with Crippen LogP contribution < -0.4 is 5.32 Å². The Morgan fingerprint density at radius 3 is 2.76 bits per heavy atom. The van der Waals surface area contributed by atoms with Gasteiger partial charge in [0, 0.05) is 46.6 Å². The maximum atomic E-state index is 11.9. The second-order valence-corrected chi connectivity index (χ2v) is 6.57. The average Bonchev–Trinajstić information content (AvgIpc) is 2.55. The van der Waals surface area contributed by atoms with Gasteiger partial charge in [-0.3, -0.25) is 9.00 Å². The highest BCUT2D eigenvalue weighted by Crippen LogP contribution is 2.13. The quantitative estimate of drug-likeness (QED) is 0.897. The van der Waals surface area contributed by atoms with Gasteiger partial charge in [0.15, 0.2) is 0 Å². The normalized spacial score (nSPS) is 14.4. The maximum absolute atomic E-state index is 11.9. The van der Waals surface area contributed by atoms with Gasteiger partial charge in [-0.1, -0.05) is 0 Å². The molecule has 2 unspecified atom stereocenters. The van der Waals surface area contributed by atoms with Crippen LogP contribution in [0.4, 0.5) is 0 Å². The van der Waals surface area contributed by atoms with Gasteiger partial charge in [-0.25, -0.2) is 0 Å². The third kappa shape index (κ3) is 4.63. The highest BCUT2D eigenvalue weighted by molar-refractivity contribution is 9.10. The van der Waals surface area contributed by atoms with Gasteiger partial charge in [0.1, 0.15) is 5.69 Å². The van der Waals surface area contributed by atoms with Gasteiger partial charge in [0.2, 0.25) is 0 Å². The van der Waals surface area contributed by atoms with Gasteiger partial charge in [-0.15, -0.1) is 0 Å². The molecule has 96 valence electrons. The van der Waals surface area contributed by atoms with Crippen LogP contribution in [0.2, 0.25) is 0 Å². The monoisotopic (exact) mass is 320 g/mol. The molecular weight excluding hydrogens is 304 g/mol. The molecule has 0 aliphatic carbocycles. The SMILES string of the molecule is CC(CCS(C)=O)NC(=O)c1cc(Br)cn1C. The molecule has 1 aromatic rings. The van der Waals surface area contributed by atoms with Crippen molar-refractivity contribution in [2.24, 2.45) is 7.05 Å². The van der Waals surface area contributed by atoms with E-state index in [9.17, 15) is 9.00 Å². The largest absolute Gasteiger partial charge is 0.348 e. The minimum atomic E-state index is -0.810. The number of carbonyl (C=O) groups is 1. The topological polar surface area (TPSA) is 51.1 Å². The highest BCUT2D eigenvalue weighted by Gasteiger charge is 2.13. The van der Waals surface area contributed by atoms with E-state index >= 15 is 0 Å². The standard InChI is InChI=1S/C11H17BrN2O2S/c1-8(4-5-17(3)16)13-11(15)10-6-9(12)7-14(10)2/h6-8H,4-5H2,1-3H3,(H,13,15). The van der Waals surface area contributed by atoms with Crippen molar-refractivity contribution < 1.29 is 9.00 Å². The lowest BCUT2D eigenvalue weighted by molar-refractivity contribution is 0.0931. The Hall–Kier alpha value is -0.620. The molecule has 0 spiro atoms. The Kier molecular flexibility index (Phi) is 5.39. The zero-order valence-electron chi connectivity index (χ0n) is 10.2. The van der Waals surface area contributed by atoms with E-state index in [2.05, 4.69) is 21.2 Å². The van der Waals surface area contributed by atoms with Crippen LogP contribution in [0.25, 0.3) is 0 Å². The lowest BCUT2D eigenvalue weighted by Crippen LogP contribution is -2.34. The van der Waals surface area contributed by atoms with E-state index in [1.807, 2.05) is 20.2 Å². The summed E-state index contributed by atoms with van der Waals surface area (Å²) >= 11 is 3.33. The van der Waals surface area contributed by atoms with Crippen LogP contribution in [0.3, 0.4) is 0 Å². The lowest BCUT2D eigenvalue weighted by Gasteiger charge is -2.13.